The molecule has 6 heteroatoms. The minimum absolute atomic E-state index is 0.235. The number of esters is 1. The van der Waals surface area contributed by atoms with Gasteiger partial charge in [0.05, 0.1) is 6.61 Å². The van der Waals surface area contributed by atoms with E-state index in [1.807, 2.05) is 29.6 Å². The first-order valence-electron chi connectivity index (χ1n) is 7.69. The summed E-state index contributed by atoms with van der Waals surface area (Å²) >= 11 is 1.68. The number of rotatable bonds is 7. The molecule has 0 saturated heterocycles. The van der Waals surface area contributed by atoms with Crippen molar-refractivity contribution in [2.45, 2.75) is 13.3 Å². The zero-order valence-corrected chi connectivity index (χ0v) is 14.3. The van der Waals surface area contributed by atoms with Crippen molar-refractivity contribution in [1.82, 2.24) is 5.32 Å². The zero-order valence-electron chi connectivity index (χ0n) is 13.5. The highest BCUT2D eigenvalue weighted by Crippen LogP contribution is 2.11. The monoisotopic (exact) mass is 344 g/mol. The van der Waals surface area contributed by atoms with Crippen LogP contribution in [0.15, 0.2) is 47.9 Å². The van der Waals surface area contributed by atoms with E-state index in [0.717, 1.165) is 12.0 Å². The van der Waals surface area contributed by atoms with Gasteiger partial charge in [-0.05, 0) is 48.6 Å². The van der Waals surface area contributed by atoms with Crippen LogP contribution in [0, 0.1) is 0 Å². The van der Waals surface area contributed by atoms with Gasteiger partial charge in [-0.25, -0.2) is 9.59 Å². The standard InChI is InChI=1S/C18H20N2O3S/c1-2-23-17(21)10-7-14-5-8-15(9-6-14)20-18(22)19-12-11-16-4-3-13-24-16/h3-10,13H,2,11-12H2,1H3,(H2,19,20,22)/b10-7+. The maximum Gasteiger partial charge on any atom is 0.330 e. The summed E-state index contributed by atoms with van der Waals surface area (Å²) in [7, 11) is 0. The average Bonchev–Trinajstić information content (AvgIpc) is 3.08. The topological polar surface area (TPSA) is 67.4 Å². The van der Waals surface area contributed by atoms with Gasteiger partial charge in [0.15, 0.2) is 0 Å². The number of carbonyl (C=O) groups excluding carboxylic acids is 2. The van der Waals surface area contributed by atoms with Gasteiger partial charge in [-0.2, -0.15) is 0 Å². The van der Waals surface area contributed by atoms with Crippen molar-refractivity contribution < 1.29 is 14.3 Å². The normalized spacial score (nSPS) is 10.5. The van der Waals surface area contributed by atoms with Gasteiger partial charge in [0.1, 0.15) is 0 Å². The third-order valence-electron chi connectivity index (χ3n) is 3.10. The van der Waals surface area contributed by atoms with Gasteiger partial charge in [-0.3, -0.25) is 0 Å². The maximum absolute atomic E-state index is 11.8. The smallest absolute Gasteiger partial charge is 0.330 e. The lowest BCUT2D eigenvalue weighted by Crippen LogP contribution is -2.30. The molecule has 0 spiro atoms. The van der Waals surface area contributed by atoms with Crippen LogP contribution in [-0.2, 0) is 16.0 Å². The summed E-state index contributed by atoms with van der Waals surface area (Å²) in [5.41, 5.74) is 1.55. The van der Waals surface area contributed by atoms with Crippen molar-refractivity contribution in [3.63, 3.8) is 0 Å². The Morgan fingerprint density at radius 3 is 2.67 bits per heavy atom. The fraction of sp³-hybridized carbons (Fsp3) is 0.222. The molecule has 0 atom stereocenters. The number of benzene rings is 1. The number of amides is 2. The number of urea groups is 1. The van der Waals surface area contributed by atoms with E-state index in [9.17, 15) is 9.59 Å². The Hall–Kier alpha value is -2.60. The molecule has 0 aliphatic heterocycles. The molecule has 5 nitrogen and oxygen atoms in total. The van der Waals surface area contributed by atoms with Crippen LogP contribution in [0.3, 0.4) is 0 Å². The van der Waals surface area contributed by atoms with Crippen molar-refractivity contribution in [2.24, 2.45) is 0 Å². The van der Waals surface area contributed by atoms with Crippen molar-refractivity contribution >= 4 is 35.1 Å². The molecule has 0 bridgehead atoms. The Balaban J connectivity index is 1.76. The molecule has 0 saturated carbocycles. The number of hydrogen-bond acceptors (Lipinski definition) is 4. The minimum atomic E-state index is -0.371. The highest BCUT2D eigenvalue weighted by atomic mass is 32.1. The summed E-state index contributed by atoms with van der Waals surface area (Å²) in [5, 5.41) is 7.61. The predicted octanol–water partition coefficient (Wildman–Crippen LogP) is 3.69. The fourth-order valence-corrected chi connectivity index (χ4v) is 2.67. The number of hydrogen-bond donors (Lipinski definition) is 2. The first kappa shape index (κ1) is 17.7. The van der Waals surface area contributed by atoms with E-state index in [2.05, 4.69) is 10.6 Å². The zero-order chi connectivity index (χ0) is 17.2. The SMILES string of the molecule is CCOC(=O)/C=C/c1ccc(NC(=O)NCCc2cccs2)cc1. The molecule has 2 N–H and O–H groups in total. The van der Waals surface area contributed by atoms with Crippen LogP contribution in [0.25, 0.3) is 6.08 Å². The predicted molar refractivity (Wildman–Crippen MR) is 97.2 cm³/mol. The molecular weight excluding hydrogens is 324 g/mol. The van der Waals surface area contributed by atoms with Crippen LogP contribution in [0.4, 0.5) is 10.5 Å². The van der Waals surface area contributed by atoms with Crippen molar-refractivity contribution in [1.29, 1.82) is 0 Å². The van der Waals surface area contributed by atoms with Gasteiger partial charge in [-0.15, -0.1) is 11.3 Å². The van der Waals surface area contributed by atoms with E-state index in [1.165, 1.54) is 11.0 Å². The van der Waals surface area contributed by atoms with Gasteiger partial charge >= 0.3 is 12.0 Å². The Morgan fingerprint density at radius 1 is 1.21 bits per heavy atom. The molecule has 0 aliphatic carbocycles. The Bertz CT molecular complexity index is 679. The van der Waals surface area contributed by atoms with Crippen LogP contribution < -0.4 is 10.6 Å². The number of carbonyl (C=O) groups is 2. The molecule has 2 rings (SSSR count). The molecule has 0 unspecified atom stereocenters. The third kappa shape index (κ3) is 6.26. The molecule has 126 valence electrons. The fourth-order valence-electron chi connectivity index (χ4n) is 1.96. The lowest BCUT2D eigenvalue weighted by atomic mass is 10.2. The molecule has 0 fully saturated rings. The van der Waals surface area contributed by atoms with Crippen LogP contribution in [0.5, 0.6) is 0 Å². The molecule has 0 radical (unpaired) electrons. The molecule has 1 heterocycles. The van der Waals surface area contributed by atoms with Crippen LogP contribution >= 0.6 is 11.3 Å². The van der Waals surface area contributed by atoms with Crippen molar-refractivity contribution in [2.75, 3.05) is 18.5 Å². The van der Waals surface area contributed by atoms with E-state index in [0.29, 0.717) is 18.8 Å². The maximum atomic E-state index is 11.8. The van der Waals surface area contributed by atoms with Crippen LogP contribution in [-0.4, -0.2) is 25.2 Å². The van der Waals surface area contributed by atoms with Crippen LogP contribution in [0.1, 0.15) is 17.4 Å². The highest BCUT2D eigenvalue weighted by molar-refractivity contribution is 7.09. The largest absolute Gasteiger partial charge is 0.463 e. The molecular formula is C18H20N2O3S. The van der Waals surface area contributed by atoms with Crippen molar-refractivity contribution in [3.05, 3.63) is 58.3 Å². The van der Waals surface area contributed by atoms with E-state index in [1.54, 1.807) is 36.5 Å². The second-order valence-corrected chi connectivity index (χ2v) is 5.95. The number of thiophene rings is 1. The number of ether oxygens (including phenoxy) is 1. The average molecular weight is 344 g/mol. The van der Waals surface area contributed by atoms with E-state index < -0.39 is 0 Å². The Kier molecular flexibility index (Phi) is 7.04. The molecule has 0 aliphatic rings. The van der Waals surface area contributed by atoms with Gasteiger partial charge in [-0.1, -0.05) is 18.2 Å². The van der Waals surface area contributed by atoms with Gasteiger partial charge in [0.25, 0.3) is 0 Å². The van der Waals surface area contributed by atoms with Gasteiger partial charge < -0.3 is 15.4 Å². The molecule has 24 heavy (non-hydrogen) atoms. The summed E-state index contributed by atoms with van der Waals surface area (Å²) in [4.78, 5) is 24.3. The van der Waals surface area contributed by atoms with Gasteiger partial charge in [0, 0.05) is 23.2 Å². The summed E-state index contributed by atoms with van der Waals surface area (Å²) < 4.78 is 4.81. The molecule has 2 amide bonds. The van der Waals surface area contributed by atoms with Crippen LogP contribution in [0.2, 0.25) is 0 Å². The van der Waals surface area contributed by atoms with E-state index in [-0.39, 0.29) is 12.0 Å². The Labute approximate surface area is 145 Å². The van der Waals surface area contributed by atoms with Gasteiger partial charge in [0.2, 0.25) is 0 Å². The first-order valence-corrected chi connectivity index (χ1v) is 8.57. The molecule has 2 aromatic rings. The number of anilines is 1. The summed E-state index contributed by atoms with van der Waals surface area (Å²) in [6.07, 6.45) is 3.87. The quantitative estimate of drug-likeness (QED) is 0.595. The molecule has 1 aromatic carbocycles. The van der Waals surface area contributed by atoms with E-state index >= 15 is 0 Å². The lowest BCUT2D eigenvalue weighted by Gasteiger charge is -2.07. The summed E-state index contributed by atoms with van der Waals surface area (Å²) in [6.45, 7) is 2.71. The molecule has 1 aromatic heterocycles. The second-order valence-electron chi connectivity index (χ2n) is 4.92. The lowest BCUT2D eigenvalue weighted by molar-refractivity contribution is -0.137. The summed E-state index contributed by atoms with van der Waals surface area (Å²) in [5.74, 6) is -0.371. The Morgan fingerprint density at radius 2 is 2.00 bits per heavy atom. The highest BCUT2D eigenvalue weighted by Gasteiger charge is 2.02. The minimum Gasteiger partial charge on any atom is -0.463 e. The second kappa shape index (κ2) is 9.52. The summed E-state index contributed by atoms with van der Waals surface area (Å²) in [6, 6.07) is 11.0. The third-order valence-corrected chi connectivity index (χ3v) is 4.04. The first-order chi connectivity index (χ1) is 11.7. The number of nitrogens with one attached hydrogen (secondary N) is 2. The van der Waals surface area contributed by atoms with Crippen molar-refractivity contribution in [3.8, 4) is 0 Å². The van der Waals surface area contributed by atoms with E-state index in [4.69, 9.17) is 4.74 Å².